The zero-order valence-corrected chi connectivity index (χ0v) is 12.4. The van der Waals surface area contributed by atoms with Crippen molar-refractivity contribution >= 4 is 17.6 Å². The summed E-state index contributed by atoms with van der Waals surface area (Å²) in [5.41, 5.74) is 0.212. The van der Waals surface area contributed by atoms with Gasteiger partial charge in [-0.15, -0.1) is 0 Å². The highest BCUT2D eigenvalue weighted by atomic mass is 35.5. The maximum atomic E-state index is 14.5. The van der Waals surface area contributed by atoms with Crippen LogP contribution in [0.1, 0.15) is 16.9 Å². The Morgan fingerprint density at radius 2 is 2.14 bits per heavy atom. The van der Waals surface area contributed by atoms with Gasteiger partial charge in [-0.1, -0.05) is 11.6 Å². The summed E-state index contributed by atoms with van der Waals surface area (Å²) >= 11 is 6.03. The van der Waals surface area contributed by atoms with Gasteiger partial charge in [0.1, 0.15) is 5.02 Å². The number of hydrogen-bond donors (Lipinski definition) is 1. The van der Waals surface area contributed by atoms with Gasteiger partial charge in [-0.2, -0.15) is 5.10 Å². The van der Waals surface area contributed by atoms with E-state index < -0.39 is 11.8 Å². The number of carboxylic acid groups (broad SMARTS) is 1. The standard InChI is InChI=1S/C14H12ClFN2O4/c1-18-9(6-8(17-18)14(19)20)7-5-10-13(11(15)12(7)16)22-4-2-3-21-10/h5-6H,2-4H2,1H3,(H,19,20). The van der Waals surface area contributed by atoms with Crippen molar-refractivity contribution in [2.75, 3.05) is 13.2 Å². The smallest absolute Gasteiger partial charge is 0.356 e. The summed E-state index contributed by atoms with van der Waals surface area (Å²) in [4.78, 5) is 11.0. The summed E-state index contributed by atoms with van der Waals surface area (Å²) in [6.45, 7) is 0.820. The molecular weight excluding hydrogens is 315 g/mol. The van der Waals surface area contributed by atoms with E-state index in [1.165, 1.54) is 23.9 Å². The Bertz CT molecular complexity index is 760. The van der Waals surface area contributed by atoms with Gasteiger partial charge in [0, 0.05) is 19.0 Å². The number of halogens is 2. The maximum Gasteiger partial charge on any atom is 0.356 e. The minimum atomic E-state index is -1.19. The van der Waals surface area contributed by atoms with Gasteiger partial charge in [0.05, 0.1) is 18.9 Å². The number of carboxylic acids is 1. The van der Waals surface area contributed by atoms with Gasteiger partial charge in [0.2, 0.25) is 0 Å². The lowest BCUT2D eigenvalue weighted by atomic mass is 10.1. The Morgan fingerprint density at radius 1 is 1.41 bits per heavy atom. The molecule has 1 aromatic heterocycles. The molecule has 2 heterocycles. The van der Waals surface area contributed by atoms with Crippen molar-refractivity contribution in [2.45, 2.75) is 6.42 Å². The molecule has 116 valence electrons. The van der Waals surface area contributed by atoms with Crippen molar-refractivity contribution in [3.8, 4) is 22.8 Å². The number of nitrogens with zero attached hydrogens (tertiary/aromatic N) is 2. The Balaban J connectivity index is 2.17. The molecule has 8 heteroatoms. The molecule has 0 radical (unpaired) electrons. The number of fused-ring (bicyclic) bond motifs is 1. The number of aromatic carboxylic acids is 1. The van der Waals surface area contributed by atoms with E-state index in [2.05, 4.69) is 5.10 Å². The lowest BCUT2D eigenvalue weighted by Gasteiger charge is -2.13. The summed E-state index contributed by atoms with van der Waals surface area (Å²) in [5, 5.41) is 12.6. The lowest BCUT2D eigenvalue weighted by Crippen LogP contribution is -2.00. The van der Waals surface area contributed by atoms with E-state index in [9.17, 15) is 9.18 Å². The van der Waals surface area contributed by atoms with Crippen LogP contribution in [-0.2, 0) is 7.05 Å². The van der Waals surface area contributed by atoms with E-state index in [4.69, 9.17) is 26.2 Å². The van der Waals surface area contributed by atoms with Crippen LogP contribution in [0.25, 0.3) is 11.3 Å². The molecule has 3 rings (SSSR count). The molecule has 0 unspecified atom stereocenters. The van der Waals surface area contributed by atoms with Gasteiger partial charge in [-0.25, -0.2) is 9.18 Å². The van der Waals surface area contributed by atoms with Gasteiger partial charge < -0.3 is 14.6 Å². The van der Waals surface area contributed by atoms with E-state index in [-0.39, 0.29) is 27.7 Å². The Morgan fingerprint density at radius 3 is 2.82 bits per heavy atom. The molecule has 0 saturated heterocycles. The van der Waals surface area contributed by atoms with Crippen LogP contribution in [0.4, 0.5) is 4.39 Å². The van der Waals surface area contributed by atoms with Crippen LogP contribution in [0.3, 0.4) is 0 Å². The number of rotatable bonds is 2. The Hall–Kier alpha value is -2.28. The van der Waals surface area contributed by atoms with E-state index in [1.54, 1.807) is 0 Å². The molecule has 22 heavy (non-hydrogen) atoms. The molecule has 0 bridgehead atoms. The van der Waals surface area contributed by atoms with Crippen LogP contribution in [-0.4, -0.2) is 34.1 Å². The number of aromatic nitrogens is 2. The minimum Gasteiger partial charge on any atom is -0.489 e. The highest BCUT2D eigenvalue weighted by Gasteiger charge is 2.24. The lowest BCUT2D eigenvalue weighted by molar-refractivity contribution is 0.0689. The van der Waals surface area contributed by atoms with Gasteiger partial charge in [0.15, 0.2) is 23.0 Å². The predicted molar refractivity (Wildman–Crippen MR) is 76.2 cm³/mol. The molecule has 0 saturated carbocycles. The van der Waals surface area contributed by atoms with E-state index in [0.29, 0.717) is 25.4 Å². The van der Waals surface area contributed by atoms with Crippen molar-refractivity contribution in [3.63, 3.8) is 0 Å². The van der Waals surface area contributed by atoms with Crippen molar-refractivity contribution in [1.82, 2.24) is 9.78 Å². The third-order valence-corrected chi connectivity index (χ3v) is 3.63. The normalized spacial score (nSPS) is 13.8. The first-order valence-corrected chi connectivity index (χ1v) is 6.92. The number of hydrogen-bond acceptors (Lipinski definition) is 4. The van der Waals surface area contributed by atoms with Crippen LogP contribution in [0.15, 0.2) is 12.1 Å². The number of benzene rings is 1. The van der Waals surface area contributed by atoms with Crippen molar-refractivity contribution in [3.05, 3.63) is 28.7 Å². The zero-order valence-electron chi connectivity index (χ0n) is 11.6. The fourth-order valence-electron chi connectivity index (χ4n) is 2.25. The predicted octanol–water partition coefficient (Wildman–Crippen LogP) is 2.74. The first-order valence-electron chi connectivity index (χ1n) is 6.54. The molecule has 0 atom stereocenters. The minimum absolute atomic E-state index is 0.108. The largest absolute Gasteiger partial charge is 0.489 e. The van der Waals surface area contributed by atoms with E-state index in [0.717, 1.165) is 0 Å². The first kappa shape index (κ1) is 14.6. The molecule has 1 N–H and O–H groups in total. The summed E-state index contributed by atoms with van der Waals surface area (Å²) in [5.74, 6) is -1.40. The molecule has 1 aromatic carbocycles. The molecule has 0 aliphatic carbocycles. The van der Waals surface area contributed by atoms with Gasteiger partial charge in [-0.05, 0) is 12.1 Å². The molecule has 0 fully saturated rings. The number of ether oxygens (including phenoxy) is 2. The van der Waals surface area contributed by atoms with Gasteiger partial charge in [0.25, 0.3) is 0 Å². The Labute approximate surface area is 130 Å². The topological polar surface area (TPSA) is 73.6 Å². The van der Waals surface area contributed by atoms with E-state index >= 15 is 0 Å². The molecular formula is C14H12ClFN2O4. The average Bonchev–Trinajstić information content (AvgIpc) is 2.71. The third-order valence-electron chi connectivity index (χ3n) is 3.30. The second kappa shape index (κ2) is 5.49. The molecule has 6 nitrogen and oxygen atoms in total. The highest BCUT2D eigenvalue weighted by Crippen LogP contribution is 2.43. The Kier molecular flexibility index (Phi) is 3.66. The van der Waals surface area contributed by atoms with Gasteiger partial charge >= 0.3 is 5.97 Å². The van der Waals surface area contributed by atoms with Crippen LogP contribution >= 0.6 is 11.6 Å². The van der Waals surface area contributed by atoms with Crippen LogP contribution in [0.2, 0.25) is 5.02 Å². The number of carbonyl (C=O) groups is 1. The number of aryl methyl sites for hydroxylation is 1. The molecule has 0 amide bonds. The van der Waals surface area contributed by atoms with Crippen molar-refractivity contribution < 1.29 is 23.8 Å². The quantitative estimate of drug-likeness (QED) is 0.918. The fraction of sp³-hybridized carbons (Fsp3) is 0.286. The summed E-state index contributed by atoms with van der Waals surface area (Å²) < 4.78 is 26.8. The highest BCUT2D eigenvalue weighted by molar-refractivity contribution is 6.32. The first-order chi connectivity index (χ1) is 10.5. The molecule has 1 aliphatic rings. The maximum absolute atomic E-state index is 14.5. The monoisotopic (exact) mass is 326 g/mol. The third kappa shape index (κ3) is 2.37. The fourth-order valence-corrected chi connectivity index (χ4v) is 2.50. The summed E-state index contributed by atoms with van der Waals surface area (Å²) in [7, 11) is 1.53. The summed E-state index contributed by atoms with van der Waals surface area (Å²) in [6, 6.07) is 2.73. The van der Waals surface area contributed by atoms with Crippen molar-refractivity contribution in [1.29, 1.82) is 0 Å². The van der Waals surface area contributed by atoms with Crippen molar-refractivity contribution in [2.24, 2.45) is 7.05 Å². The second-order valence-corrected chi connectivity index (χ2v) is 5.15. The molecule has 2 aromatic rings. The van der Waals surface area contributed by atoms with Crippen LogP contribution in [0, 0.1) is 5.82 Å². The average molecular weight is 327 g/mol. The zero-order chi connectivity index (χ0) is 15.9. The second-order valence-electron chi connectivity index (χ2n) is 4.77. The molecule has 1 aliphatic heterocycles. The van der Waals surface area contributed by atoms with E-state index in [1.807, 2.05) is 0 Å². The molecule has 0 spiro atoms. The SMILES string of the molecule is Cn1nc(C(=O)O)cc1-c1cc2c(c(Cl)c1F)OCCCO2. The summed E-state index contributed by atoms with van der Waals surface area (Å²) in [6.07, 6.45) is 0.664. The van der Waals surface area contributed by atoms with Crippen LogP contribution in [0.5, 0.6) is 11.5 Å². The van der Waals surface area contributed by atoms with Gasteiger partial charge in [-0.3, -0.25) is 4.68 Å². The van der Waals surface area contributed by atoms with Crippen LogP contribution < -0.4 is 9.47 Å².